The van der Waals surface area contributed by atoms with Crippen molar-refractivity contribution >= 4 is 0 Å². The summed E-state index contributed by atoms with van der Waals surface area (Å²) >= 11 is 0. The minimum atomic E-state index is -6.48. The molecule has 0 amide bonds. The molecule has 1 saturated carbocycles. The van der Waals surface area contributed by atoms with Gasteiger partial charge in [0, 0.05) is 6.42 Å². The summed E-state index contributed by atoms with van der Waals surface area (Å²) in [6.07, 6.45) is -1.62. The number of rotatable bonds is 5. The van der Waals surface area contributed by atoms with Gasteiger partial charge in [0.25, 0.3) is 0 Å². The lowest BCUT2D eigenvalue weighted by Crippen LogP contribution is -2.66. The second-order valence-corrected chi connectivity index (χ2v) is 7.61. The molecular weight excluding hydrogens is 369 g/mol. The van der Waals surface area contributed by atoms with Crippen molar-refractivity contribution < 1.29 is 40.6 Å². The van der Waals surface area contributed by atoms with E-state index >= 15 is 0 Å². The maximum atomic E-state index is 13.8. The molecular formula is C17H25F7O2. The highest BCUT2D eigenvalue weighted by atomic mass is 19.4. The summed E-state index contributed by atoms with van der Waals surface area (Å²) in [7, 11) is 0. The Balaban J connectivity index is 1.98. The summed E-state index contributed by atoms with van der Waals surface area (Å²) in [5.74, 6) is -15.4. The monoisotopic (exact) mass is 394 g/mol. The first-order chi connectivity index (χ1) is 11.9. The van der Waals surface area contributed by atoms with Crippen LogP contribution in [0.3, 0.4) is 0 Å². The summed E-state index contributed by atoms with van der Waals surface area (Å²) in [6.45, 7) is 1.65. The molecule has 0 aromatic carbocycles. The van der Waals surface area contributed by atoms with Crippen LogP contribution in [0.2, 0.25) is 0 Å². The molecule has 2 atom stereocenters. The molecule has 0 radical (unpaired) electrons. The molecule has 1 aliphatic carbocycles. The Morgan fingerprint density at radius 3 is 1.92 bits per heavy atom. The summed E-state index contributed by atoms with van der Waals surface area (Å²) in [5, 5.41) is 9.77. The lowest BCUT2D eigenvalue weighted by Gasteiger charge is -2.45. The number of hydrogen-bond donors (Lipinski definition) is 1. The van der Waals surface area contributed by atoms with Gasteiger partial charge in [0.2, 0.25) is 5.79 Å². The van der Waals surface area contributed by atoms with Crippen LogP contribution in [0, 0.1) is 17.8 Å². The van der Waals surface area contributed by atoms with Gasteiger partial charge in [-0.1, -0.05) is 32.6 Å². The molecule has 2 fully saturated rings. The van der Waals surface area contributed by atoms with Crippen LogP contribution in [0.5, 0.6) is 0 Å². The van der Waals surface area contributed by atoms with Crippen LogP contribution < -0.4 is 0 Å². The normalized spacial score (nSPS) is 34.7. The minimum Gasteiger partial charge on any atom is -0.361 e. The van der Waals surface area contributed by atoms with Crippen molar-refractivity contribution in [2.24, 2.45) is 17.8 Å². The van der Waals surface area contributed by atoms with Crippen LogP contribution >= 0.6 is 0 Å². The fraction of sp³-hybridized carbons (Fsp3) is 1.00. The largest absolute Gasteiger partial charge is 0.460 e. The van der Waals surface area contributed by atoms with E-state index in [4.69, 9.17) is 0 Å². The Morgan fingerprint density at radius 1 is 0.923 bits per heavy atom. The quantitative estimate of drug-likeness (QED) is 0.621. The van der Waals surface area contributed by atoms with E-state index in [1.54, 1.807) is 0 Å². The van der Waals surface area contributed by atoms with E-state index in [0.717, 1.165) is 38.5 Å². The van der Waals surface area contributed by atoms with Gasteiger partial charge in [0.15, 0.2) is 0 Å². The fourth-order valence-electron chi connectivity index (χ4n) is 4.18. The van der Waals surface area contributed by atoms with Crippen LogP contribution in [0.15, 0.2) is 0 Å². The molecule has 2 rings (SSSR count). The summed E-state index contributed by atoms with van der Waals surface area (Å²) in [5.41, 5.74) is 0. The third-order valence-electron chi connectivity index (χ3n) is 5.89. The van der Waals surface area contributed by atoms with Crippen LogP contribution in [-0.2, 0) is 4.74 Å². The average Bonchev–Trinajstić information content (AvgIpc) is 2.55. The van der Waals surface area contributed by atoms with E-state index in [0.29, 0.717) is 5.92 Å². The standard InChI is InChI=1S/C17H25F7O2/c1-2-3-11-4-6-12(7-5-11)13-8-9-14(25,26-10-13)15(18,19)16(20,21)17(22,23)24/h11-13,25H,2-10H2,1H3. The molecule has 0 spiro atoms. The molecule has 1 heterocycles. The number of hydrogen-bond acceptors (Lipinski definition) is 2. The zero-order chi connectivity index (χ0) is 19.8. The number of alkyl halides is 7. The van der Waals surface area contributed by atoms with Crippen LogP contribution in [-0.4, -0.2) is 35.5 Å². The van der Waals surface area contributed by atoms with E-state index < -0.39 is 36.8 Å². The Morgan fingerprint density at radius 2 is 1.50 bits per heavy atom. The number of ether oxygens (including phenoxy) is 1. The molecule has 0 aromatic heterocycles. The van der Waals surface area contributed by atoms with E-state index in [-0.39, 0.29) is 18.3 Å². The van der Waals surface area contributed by atoms with Crippen molar-refractivity contribution in [2.75, 3.05) is 6.61 Å². The van der Waals surface area contributed by atoms with Gasteiger partial charge in [-0.2, -0.15) is 30.7 Å². The van der Waals surface area contributed by atoms with E-state index in [2.05, 4.69) is 11.7 Å². The van der Waals surface area contributed by atoms with Gasteiger partial charge in [0.1, 0.15) is 0 Å². The predicted octanol–water partition coefficient (Wildman–Crippen LogP) is 5.54. The lowest BCUT2D eigenvalue weighted by molar-refractivity contribution is -0.437. The van der Waals surface area contributed by atoms with Crippen molar-refractivity contribution in [3.05, 3.63) is 0 Å². The molecule has 0 bridgehead atoms. The molecule has 2 nitrogen and oxygen atoms in total. The molecule has 26 heavy (non-hydrogen) atoms. The van der Waals surface area contributed by atoms with Crippen molar-refractivity contribution in [1.29, 1.82) is 0 Å². The van der Waals surface area contributed by atoms with Gasteiger partial charge in [-0.05, 0) is 37.0 Å². The van der Waals surface area contributed by atoms with Gasteiger partial charge in [-0.15, -0.1) is 0 Å². The van der Waals surface area contributed by atoms with Crippen molar-refractivity contribution in [1.82, 2.24) is 0 Å². The SMILES string of the molecule is CCCC1CCC(C2CCC(O)(C(F)(F)C(F)(F)C(F)(F)F)OC2)CC1. The van der Waals surface area contributed by atoms with Gasteiger partial charge in [0.05, 0.1) is 6.61 Å². The zero-order valence-electron chi connectivity index (χ0n) is 14.6. The van der Waals surface area contributed by atoms with Gasteiger partial charge >= 0.3 is 18.0 Å². The molecule has 2 aliphatic rings. The first-order valence-electron chi connectivity index (χ1n) is 9.04. The third kappa shape index (κ3) is 3.84. The second-order valence-electron chi connectivity index (χ2n) is 7.61. The van der Waals surface area contributed by atoms with Crippen molar-refractivity contribution in [3.8, 4) is 0 Å². The topological polar surface area (TPSA) is 29.5 Å². The maximum Gasteiger partial charge on any atom is 0.460 e. The van der Waals surface area contributed by atoms with Crippen molar-refractivity contribution in [3.63, 3.8) is 0 Å². The second kappa shape index (κ2) is 7.45. The molecule has 0 aromatic rings. The zero-order valence-corrected chi connectivity index (χ0v) is 14.6. The average molecular weight is 394 g/mol. The maximum absolute atomic E-state index is 13.8. The Kier molecular flexibility index (Phi) is 6.23. The Bertz CT molecular complexity index is 462. The number of halogens is 7. The fourth-order valence-corrected chi connectivity index (χ4v) is 4.18. The summed E-state index contributed by atoms with van der Waals surface area (Å²) in [6, 6.07) is 0. The van der Waals surface area contributed by atoms with Gasteiger partial charge < -0.3 is 9.84 Å². The molecule has 154 valence electrons. The Hall–Kier alpha value is -0.570. The predicted molar refractivity (Wildman–Crippen MR) is 79.9 cm³/mol. The first-order valence-corrected chi connectivity index (χ1v) is 9.04. The lowest BCUT2D eigenvalue weighted by atomic mass is 9.72. The molecule has 1 saturated heterocycles. The molecule has 9 heteroatoms. The highest BCUT2D eigenvalue weighted by Crippen LogP contribution is 2.54. The van der Waals surface area contributed by atoms with Crippen LogP contribution in [0.4, 0.5) is 30.7 Å². The number of aliphatic hydroxyl groups is 1. The third-order valence-corrected chi connectivity index (χ3v) is 5.89. The molecule has 1 N–H and O–H groups in total. The molecule has 1 aliphatic heterocycles. The summed E-state index contributed by atoms with van der Waals surface area (Å²) in [4.78, 5) is 0. The van der Waals surface area contributed by atoms with E-state index in [1.807, 2.05) is 0 Å². The van der Waals surface area contributed by atoms with E-state index in [1.165, 1.54) is 0 Å². The van der Waals surface area contributed by atoms with Crippen LogP contribution in [0.25, 0.3) is 0 Å². The summed E-state index contributed by atoms with van der Waals surface area (Å²) < 4.78 is 95.6. The van der Waals surface area contributed by atoms with E-state index in [9.17, 15) is 35.8 Å². The van der Waals surface area contributed by atoms with Crippen LogP contribution in [0.1, 0.15) is 58.3 Å². The smallest absolute Gasteiger partial charge is 0.361 e. The molecule has 2 unspecified atom stereocenters. The highest BCUT2D eigenvalue weighted by molar-refractivity contribution is 5.02. The minimum absolute atomic E-state index is 0.0663. The highest BCUT2D eigenvalue weighted by Gasteiger charge is 2.80. The van der Waals surface area contributed by atoms with Gasteiger partial charge in [-0.3, -0.25) is 0 Å². The first kappa shape index (κ1) is 21.7. The van der Waals surface area contributed by atoms with Gasteiger partial charge in [-0.25, -0.2) is 0 Å². The Labute approximate surface area is 148 Å². The van der Waals surface area contributed by atoms with Crippen molar-refractivity contribution in [2.45, 2.75) is 82.1 Å².